The van der Waals surface area contributed by atoms with Gasteiger partial charge in [-0.2, -0.15) is 0 Å². The molecule has 0 bridgehead atoms. The van der Waals surface area contributed by atoms with Crippen molar-refractivity contribution < 1.29 is 9.47 Å². The Morgan fingerprint density at radius 3 is 3.06 bits per heavy atom. The van der Waals surface area contributed by atoms with Crippen LogP contribution in [0.1, 0.15) is 18.9 Å². The number of anilines is 1. The van der Waals surface area contributed by atoms with Crippen LogP contribution in [0, 0.1) is 0 Å². The van der Waals surface area contributed by atoms with E-state index in [2.05, 4.69) is 29.6 Å². The van der Waals surface area contributed by atoms with Gasteiger partial charge in [0.2, 0.25) is 0 Å². The van der Waals surface area contributed by atoms with Crippen LogP contribution in [0.15, 0.2) is 24.3 Å². The minimum Gasteiger partial charge on any atom is -0.382 e. The summed E-state index contributed by atoms with van der Waals surface area (Å²) in [7, 11) is 0. The number of hydrogen-bond acceptors (Lipinski definition) is 3. The van der Waals surface area contributed by atoms with Crippen molar-refractivity contribution in [3.63, 3.8) is 0 Å². The van der Waals surface area contributed by atoms with Gasteiger partial charge in [0.15, 0.2) is 0 Å². The zero-order valence-corrected chi connectivity index (χ0v) is 10.4. The molecule has 1 atom stereocenters. The topological polar surface area (TPSA) is 30.5 Å². The van der Waals surface area contributed by atoms with Crippen molar-refractivity contribution in [2.45, 2.75) is 25.9 Å². The van der Waals surface area contributed by atoms with Crippen LogP contribution >= 0.6 is 0 Å². The second-order valence-electron chi connectivity index (χ2n) is 4.29. The molecule has 1 unspecified atom stereocenters. The first-order valence-electron chi connectivity index (χ1n) is 6.41. The Hall–Kier alpha value is -1.06. The van der Waals surface area contributed by atoms with Crippen LogP contribution in [0.3, 0.4) is 0 Å². The third-order valence-corrected chi connectivity index (χ3v) is 2.98. The smallest absolute Gasteiger partial charge is 0.0788 e. The Kier molecular flexibility index (Phi) is 4.83. The van der Waals surface area contributed by atoms with Gasteiger partial charge in [0.1, 0.15) is 0 Å². The summed E-state index contributed by atoms with van der Waals surface area (Å²) in [6.07, 6.45) is 2.29. The minimum atomic E-state index is 0.298. The summed E-state index contributed by atoms with van der Waals surface area (Å²) in [5.41, 5.74) is 2.61. The molecule has 1 aromatic rings. The summed E-state index contributed by atoms with van der Waals surface area (Å²) >= 11 is 0. The molecule has 1 aromatic carbocycles. The predicted octanol–water partition coefficient (Wildman–Crippen LogP) is 2.47. The maximum absolute atomic E-state index is 5.84. The van der Waals surface area contributed by atoms with Crippen molar-refractivity contribution in [1.82, 2.24) is 0 Å². The van der Waals surface area contributed by atoms with Gasteiger partial charge in [-0.3, -0.25) is 0 Å². The van der Waals surface area contributed by atoms with Gasteiger partial charge in [-0.15, -0.1) is 0 Å². The summed E-state index contributed by atoms with van der Waals surface area (Å²) in [6.45, 7) is 5.30. The highest BCUT2D eigenvalue weighted by Gasteiger charge is 2.17. The van der Waals surface area contributed by atoms with E-state index in [9.17, 15) is 0 Å². The number of nitrogens with one attached hydrogen (secondary N) is 1. The van der Waals surface area contributed by atoms with Crippen LogP contribution < -0.4 is 5.32 Å². The lowest BCUT2D eigenvalue weighted by atomic mass is 10.0. The first kappa shape index (κ1) is 12.4. The van der Waals surface area contributed by atoms with E-state index in [0.29, 0.717) is 6.10 Å². The number of para-hydroxylation sites is 1. The van der Waals surface area contributed by atoms with Gasteiger partial charge in [-0.25, -0.2) is 0 Å². The molecule has 0 radical (unpaired) electrons. The molecular formula is C14H21NO2. The SMILES string of the molecule is CCOCCCOC1CNc2ccccc2C1. The van der Waals surface area contributed by atoms with Gasteiger partial charge in [0.05, 0.1) is 6.10 Å². The fraction of sp³-hybridized carbons (Fsp3) is 0.571. The molecule has 0 saturated heterocycles. The molecule has 1 N–H and O–H groups in total. The number of hydrogen-bond donors (Lipinski definition) is 1. The molecule has 1 aliphatic heterocycles. The molecule has 1 heterocycles. The van der Waals surface area contributed by atoms with Crippen LogP contribution in [0.2, 0.25) is 0 Å². The van der Waals surface area contributed by atoms with Crippen molar-refractivity contribution in [2.24, 2.45) is 0 Å². The van der Waals surface area contributed by atoms with Crippen LogP contribution in [0.25, 0.3) is 0 Å². The zero-order valence-electron chi connectivity index (χ0n) is 10.4. The van der Waals surface area contributed by atoms with E-state index in [1.807, 2.05) is 6.92 Å². The van der Waals surface area contributed by atoms with Gasteiger partial charge in [-0.05, 0) is 25.0 Å². The van der Waals surface area contributed by atoms with E-state index in [1.165, 1.54) is 11.3 Å². The lowest BCUT2D eigenvalue weighted by molar-refractivity contribution is 0.0404. The monoisotopic (exact) mass is 235 g/mol. The molecule has 0 aliphatic carbocycles. The normalized spacial score (nSPS) is 18.5. The molecule has 0 spiro atoms. The maximum atomic E-state index is 5.84. The lowest BCUT2D eigenvalue weighted by Gasteiger charge is -2.26. The Labute approximate surface area is 103 Å². The van der Waals surface area contributed by atoms with Gasteiger partial charge in [-0.1, -0.05) is 18.2 Å². The molecule has 1 aliphatic rings. The molecule has 17 heavy (non-hydrogen) atoms. The van der Waals surface area contributed by atoms with E-state index in [4.69, 9.17) is 9.47 Å². The van der Waals surface area contributed by atoms with Crippen LogP contribution in [0.4, 0.5) is 5.69 Å². The molecule has 94 valence electrons. The molecule has 0 fully saturated rings. The van der Waals surface area contributed by atoms with Crippen LogP contribution in [-0.2, 0) is 15.9 Å². The highest BCUT2D eigenvalue weighted by molar-refractivity contribution is 5.53. The van der Waals surface area contributed by atoms with Crippen molar-refractivity contribution in [2.75, 3.05) is 31.7 Å². The predicted molar refractivity (Wildman–Crippen MR) is 69.5 cm³/mol. The largest absolute Gasteiger partial charge is 0.382 e. The molecule has 0 amide bonds. The molecule has 0 saturated carbocycles. The van der Waals surface area contributed by atoms with Crippen molar-refractivity contribution >= 4 is 5.69 Å². The Balaban J connectivity index is 1.71. The minimum absolute atomic E-state index is 0.298. The van der Waals surface area contributed by atoms with Crippen LogP contribution in [-0.4, -0.2) is 32.5 Å². The zero-order chi connectivity index (χ0) is 11.9. The molecule has 3 nitrogen and oxygen atoms in total. The molecule has 3 heteroatoms. The Morgan fingerprint density at radius 2 is 2.18 bits per heavy atom. The fourth-order valence-electron chi connectivity index (χ4n) is 2.09. The quantitative estimate of drug-likeness (QED) is 0.768. The van der Waals surface area contributed by atoms with Gasteiger partial charge in [0, 0.05) is 38.5 Å². The highest BCUT2D eigenvalue weighted by Crippen LogP contribution is 2.22. The van der Waals surface area contributed by atoms with Crippen molar-refractivity contribution in [3.8, 4) is 0 Å². The van der Waals surface area contributed by atoms with Gasteiger partial charge < -0.3 is 14.8 Å². The van der Waals surface area contributed by atoms with E-state index < -0.39 is 0 Å². The first-order chi connectivity index (χ1) is 8.40. The second-order valence-corrected chi connectivity index (χ2v) is 4.29. The number of fused-ring (bicyclic) bond motifs is 1. The summed E-state index contributed by atoms with van der Waals surface area (Å²) < 4.78 is 11.1. The van der Waals surface area contributed by atoms with Gasteiger partial charge in [0.25, 0.3) is 0 Å². The molecular weight excluding hydrogens is 214 g/mol. The number of benzene rings is 1. The van der Waals surface area contributed by atoms with Crippen molar-refractivity contribution in [1.29, 1.82) is 0 Å². The average molecular weight is 235 g/mol. The molecule has 2 rings (SSSR count). The second kappa shape index (κ2) is 6.62. The standard InChI is InChI=1S/C14H21NO2/c1-2-16-8-5-9-17-13-10-12-6-3-4-7-14(12)15-11-13/h3-4,6-7,13,15H,2,5,8-11H2,1H3. The fourth-order valence-corrected chi connectivity index (χ4v) is 2.09. The summed E-state index contributed by atoms with van der Waals surface area (Å²) in [6, 6.07) is 8.44. The third-order valence-electron chi connectivity index (χ3n) is 2.98. The van der Waals surface area contributed by atoms with Crippen LogP contribution in [0.5, 0.6) is 0 Å². The van der Waals surface area contributed by atoms with Gasteiger partial charge >= 0.3 is 0 Å². The Morgan fingerprint density at radius 1 is 1.29 bits per heavy atom. The van der Waals surface area contributed by atoms with E-state index >= 15 is 0 Å². The summed E-state index contributed by atoms with van der Waals surface area (Å²) in [5.74, 6) is 0. The third kappa shape index (κ3) is 3.72. The first-order valence-corrected chi connectivity index (χ1v) is 6.41. The average Bonchev–Trinajstić information content (AvgIpc) is 2.38. The van der Waals surface area contributed by atoms with Crippen molar-refractivity contribution in [3.05, 3.63) is 29.8 Å². The van der Waals surface area contributed by atoms with E-state index in [-0.39, 0.29) is 0 Å². The highest BCUT2D eigenvalue weighted by atomic mass is 16.5. The number of rotatable bonds is 6. The Bertz CT molecular complexity index is 341. The molecule has 0 aromatic heterocycles. The van der Waals surface area contributed by atoms with E-state index in [0.717, 1.165) is 39.2 Å². The summed E-state index contributed by atoms with van der Waals surface area (Å²) in [5, 5.41) is 3.41. The van der Waals surface area contributed by atoms with E-state index in [1.54, 1.807) is 0 Å². The maximum Gasteiger partial charge on any atom is 0.0788 e. The lowest BCUT2D eigenvalue weighted by Crippen LogP contribution is -2.30. The number of ether oxygens (including phenoxy) is 2. The summed E-state index contributed by atoms with van der Waals surface area (Å²) in [4.78, 5) is 0.